The van der Waals surface area contributed by atoms with Crippen molar-refractivity contribution in [2.75, 3.05) is 5.32 Å². The molecule has 1 unspecified atom stereocenters. The van der Waals surface area contributed by atoms with E-state index in [9.17, 15) is 4.79 Å². The van der Waals surface area contributed by atoms with Gasteiger partial charge in [0.05, 0.1) is 0 Å². The van der Waals surface area contributed by atoms with Crippen molar-refractivity contribution in [1.82, 2.24) is 4.90 Å². The third-order valence-electron chi connectivity index (χ3n) is 4.78. The molecular formula is C23H22N2O. The van der Waals surface area contributed by atoms with Crippen molar-refractivity contribution < 1.29 is 4.79 Å². The fraction of sp³-hybridized carbons (Fsp3) is 0.174. The molecule has 0 saturated carbocycles. The Balaban J connectivity index is 1.71. The first-order valence-corrected chi connectivity index (χ1v) is 8.90. The zero-order valence-corrected chi connectivity index (χ0v) is 15.1. The number of anilines is 1. The first kappa shape index (κ1) is 16.4. The molecule has 0 spiro atoms. The van der Waals surface area contributed by atoms with Gasteiger partial charge in [-0.05, 0) is 48.7 Å². The van der Waals surface area contributed by atoms with Gasteiger partial charge in [-0.15, -0.1) is 0 Å². The van der Waals surface area contributed by atoms with E-state index in [2.05, 4.69) is 49.5 Å². The Morgan fingerprint density at radius 1 is 0.885 bits per heavy atom. The van der Waals surface area contributed by atoms with Crippen LogP contribution in [0, 0.1) is 13.8 Å². The first-order chi connectivity index (χ1) is 12.6. The van der Waals surface area contributed by atoms with Crippen molar-refractivity contribution in [2.24, 2.45) is 0 Å². The molecule has 0 radical (unpaired) electrons. The predicted octanol–water partition coefficient (Wildman–Crippen LogP) is 5.07. The van der Waals surface area contributed by atoms with Crippen LogP contribution >= 0.6 is 0 Å². The van der Waals surface area contributed by atoms with Gasteiger partial charge >= 0.3 is 0 Å². The Morgan fingerprint density at radius 2 is 1.54 bits per heavy atom. The SMILES string of the molecule is Cc1cc(C)cc(NC2c3ccccc3C(=O)N2Cc2ccccc2)c1. The van der Waals surface area contributed by atoms with Crippen LogP contribution in [0.15, 0.2) is 72.8 Å². The molecule has 3 aromatic carbocycles. The third kappa shape index (κ3) is 3.08. The van der Waals surface area contributed by atoms with Gasteiger partial charge < -0.3 is 10.2 Å². The molecule has 0 aliphatic carbocycles. The maximum Gasteiger partial charge on any atom is 0.256 e. The molecule has 1 atom stereocenters. The lowest BCUT2D eigenvalue weighted by molar-refractivity contribution is 0.0729. The fourth-order valence-electron chi connectivity index (χ4n) is 3.68. The molecule has 0 fully saturated rings. The summed E-state index contributed by atoms with van der Waals surface area (Å²) in [6.45, 7) is 4.76. The Bertz CT molecular complexity index is 929. The molecule has 4 rings (SSSR count). The minimum Gasteiger partial charge on any atom is -0.361 e. The van der Waals surface area contributed by atoms with Crippen molar-refractivity contribution >= 4 is 11.6 Å². The summed E-state index contributed by atoms with van der Waals surface area (Å²) < 4.78 is 0. The van der Waals surface area contributed by atoms with Crippen LogP contribution < -0.4 is 5.32 Å². The van der Waals surface area contributed by atoms with Gasteiger partial charge in [0.1, 0.15) is 6.17 Å². The number of nitrogens with zero attached hydrogens (tertiary/aromatic N) is 1. The molecule has 130 valence electrons. The number of fused-ring (bicyclic) bond motifs is 1. The zero-order valence-electron chi connectivity index (χ0n) is 15.1. The summed E-state index contributed by atoms with van der Waals surface area (Å²) in [6.07, 6.45) is -0.167. The molecular weight excluding hydrogens is 320 g/mol. The molecule has 3 aromatic rings. The van der Waals surface area contributed by atoms with Crippen LogP contribution in [-0.4, -0.2) is 10.8 Å². The number of nitrogens with one attached hydrogen (secondary N) is 1. The van der Waals surface area contributed by atoms with Crippen LogP contribution in [0.4, 0.5) is 5.69 Å². The van der Waals surface area contributed by atoms with Crippen LogP contribution in [0.25, 0.3) is 0 Å². The Labute approximate surface area is 154 Å². The number of carbonyl (C=O) groups excluding carboxylic acids is 1. The molecule has 1 amide bonds. The van der Waals surface area contributed by atoms with E-state index in [1.165, 1.54) is 11.1 Å². The molecule has 1 heterocycles. The summed E-state index contributed by atoms with van der Waals surface area (Å²) in [5, 5.41) is 3.58. The highest BCUT2D eigenvalue weighted by atomic mass is 16.2. The highest BCUT2D eigenvalue weighted by Gasteiger charge is 2.36. The van der Waals surface area contributed by atoms with Crippen molar-refractivity contribution in [2.45, 2.75) is 26.6 Å². The maximum absolute atomic E-state index is 13.0. The van der Waals surface area contributed by atoms with E-state index in [1.54, 1.807) is 0 Å². The summed E-state index contributed by atoms with van der Waals surface area (Å²) in [6, 6.07) is 24.4. The van der Waals surface area contributed by atoms with E-state index in [4.69, 9.17) is 0 Å². The van der Waals surface area contributed by atoms with Gasteiger partial charge in [-0.2, -0.15) is 0 Å². The zero-order chi connectivity index (χ0) is 18.1. The summed E-state index contributed by atoms with van der Waals surface area (Å²) in [7, 11) is 0. The van der Waals surface area contributed by atoms with E-state index in [-0.39, 0.29) is 12.1 Å². The number of hydrogen-bond acceptors (Lipinski definition) is 2. The Kier molecular flexibility index (Phi) is 4.21. The van der Waals surface area contributed by atoms with E-state index >= 15 is 0 Å². The number of aryl methyl sites for hydroxylation is 2. The number of benzene rings is 3. The van der Waals surface area contributed by atoms with Gasteiger partial charge in [0.25, 0.3) is 5.91 Å². The molecule has 26 heavy (non-hydrogen) atoms. The van der Waals surface area contributed by atoms with Crippen molar-refractivity contribution in [3.63, 3.8) is 0 Å². The summed E-state index contributed by atoms with van der Waals surface area (Å²) in [5.41, 5.74) is 6.40. The monoisotopic (exact) mass is 342 g/mol. The van der Waals surface area contributed by atoms with Crippen LogP contribution in [-0.2, 0) is 6.54 Å². The van der Waals surface area contributed by atoms with Crippen LogP contribution in [0.3, 0.4) is 0 Å². The maximum atomic E-state index is 13.0. The van der Waals surface area contributed by atoms with Crippen molar-refractivity contribution in [3.05, 3.63) is 101 Å². The van der Waals surface area contributed by atoms with E-state index in [0.29, 0.717) is 6.54 Å². The first-order valence-electron chi connectivity index (χ1n) is 8.90. The summed E-state index contributed by atoms with van der Waals surface area (Å²) in [5.74, 6) is 0.0753. The summed E-state index contributed by atoms with van der Waals surface area (Å²) in [4.78, 5) is 14.9. The van der Waals surface area contributed by atoms with Gasteiger partial charge in [0.2, 0.25) is 0 Å². The van der Waals surface area contributed by atoms with Crippen LogP contribution in [0.1, 0.15) is 38.8 Å². The lowest BCUT2D eigenvalue weighted by Crippen LogP contribution is -2.31. The molecule has 3 heteroatoms. The van der Waals surface area contributed by atoms with E-state index in [0.717, 1.165) is 22.4 Å². The molecule has 1 N–H and O–H groups in total. The molecule has 3 nitrogen and oxygen atoms in total. The standard InChI is InChI=1S/C23H22N2O/c1-16-12-17(2)14-19(13-16)24-22-20-10-6-7-11-21(20)23(26)25(22)15-18-8-4-3-5-9-18/h3-14,22,24H,15H2,1-2H3. The topological polar surface area (TPSA) is 32.3 Å². The average Bonchev–Trinajstić information content (AvgIpc) is 2.88. The van der Waals surface area contributed by atoms with Gasteiger partial charge in [0.15, 0.2) is 0 Å². The Hall–Kier alpha value is -3.07. The minimum absolute atomic E-state index is 0.0753. The minimum atomic E-state index is -0.167. The highest BCUT2D eigenvalue weighted by Crippen LogP contribution is 2.35. The van der Waals surface area contributed by atoms with Crippen LogP contribution in [0.2, 0.25) is 0 Å². The second-order valence-electron chi connectivity index (χ2n) is 6.93. The van der Waals surface area contributed by atoms with E-state index < -0.39 is 0 Å². The second-order valence-corrected chi connectivity index (χ2v) is 6.93. The molecule has 1 aliphatic heterocycles. The van der Waals surface area contributed by atoms with Crippen molar-refractivity contribution in [3.8, 4) is 0 Å². The van der Waals surface area contributed by atoms with Crippen LogP contribution in [0.5, 0.6) is 0 Å². The number of carbonyl (C=O) groups is 1. The number of hydrogen-bond donors (Lipinski definition) is 1. The molecule has 0 saturated heterocycles. The normalized spacial score (nSPS) is 15.8. The van der Waals surface area contributed by atoms with Gasteiger partial charge in [-0.3, -0.25) is 4.79 Å². The van der Waals surface area contributed by atoms with Gasteiger partial charge in [-0.25, -0.2) is 0 Å². The van der Waals surface area contributed by atoms with Gasteiger partial charge in [-0.1, -0.05) is 54.6 Å². The molecule has 0 aromatic heterocycles. The smallest absolute Gasteiger partial charge is 0.256 e. The van der Waals surface area contributed by atoms with Crippen molar-refractivity contribution in [1.29, 1.82) is 0 Å². The number of amides is 1. The average molecular weight is 342 g/mol. The predicted molar refractivity (Wildman–Crippen MR) is 105 cm³/mol. The largest absolute Gasteiger partial charge is 0.361 e. The highest BCUT2D eigenvalue weighted by molar-refractivity contribution is 5.99. The number of rotatable bonds is 4. The third-order valence-corrected chi connectivity index (χ3v) is 4.78. The van der Waals surface area contributed by atoms with Gasteiger partial charge in [0, 0.05) is 23.4 Å². The van der Waals surface area contributed by atoms with E-state index in [1.807, 2.05) is 47.4 Å². The lowest BCUT2D eigenvalue weighted by atomic mass is 10.1. The molecule has 1 aliphatic rings. The molecule has 0 bridgehead atoms. The Morgan fingerprint density at radius 3 is 2.27 bits per heavy atom. The second kappa shape index (κ2) is 6.68. The lowest BCUT2D eigenvalue weighted by Gasteiger charge is -2.27. The fourth-order valence-corrected chi connectivity index (χ4v) is 3.68. The quantitative estimate of drug-likeness (QED) is 0.718. The summed E-state index contributed by atoms with van der Waals surface area (Å²) >= 11 is 0.